The Morgan fingerprint density at radius 1 is 1.00 bits per heavy atom. The first kappa shape index (κ1) is 23.8. The molecule has 2 fully saturated rings. The molecule has 3 aliphatic rings. The summed E-state index contributed by atoms with van der Waals surface area (Å²) in [6.07, 6.45) is 0.0823. The van der Waals surface area contributed by atoms with Crippen LogP contribution in [0.5, 0.6) is 0 Å². The van der Waals surface area contributed by atoms with Crippen LogP contribution in [0, 0.1) is 5.92 Å². The van der Waals surface area contributed by atoms with Gasteiger partial charge in [0.1, 0.15) is 6.04 Å². The van der Waals surface area contributed by atoms with E-state index in [1.807, 2.05) is 0 Å². The van der Waals surface area contributed by atoms with E-state index in [1.54, 1.807) is 38.1 Å². The molecule has 0 saturated carbocycles. The van der Waals surface area contributed by atoms with Crippen molar-refractivity contribution in [2.24, 2.45) is 5.92 Å². The van der Waals surface area contributed by atoms with E-state index in [9.17, 15) is 31.2 Å². The van der Waals surface area contributed by atoms with Crippen LogP contribution in [0.1, 0.15) is 41.0 Å². The third kappa shape index (κ3) is 4.19. The number of sulfone groups is 1. The number of hydrogen-bond donors (Lipinski definition) is 0. The number of nitrogens with zero attached hydrogens (tertiary/aromatic N) is 3. The predicted octanol–water partition coefficient (Wildman–Crippen LogP) is -0.0317. The van der Waals surface area contributed by atoms with E-state index in [4.69, 9.17) is 0 Å². The molecule has 2 unspecified atom stereocenters. The quantitative estimate of drug-likeness (QED) is 0.522. The first-order chi connectivity index (χ1) is 15.4. The first-order valence-electron chi connectivity index (χ1n) is 10.9. The molecule has 3 heterocycles. The van der Waals surface area contributed by atoms with Gasteiger partial charge in [-0.05, 0) is 24.5 Å². The Morgan fingerprint density at radius 3 is 2.00 bits per heavy atom. The summed E-state index contributed by atoms with van der Waals surface area (Å²) >= 11 is 0. The van der Waals surface area contributed by atoms with Crippen LogP contribution in [0.3, 0.4) is 0 Å². The van der Waals surface area contributed by atoms with E-state index in [0.717, 1.165) is 4.90 Å². The Hall–Kier alpha value is -2.31. The number of carbonyl (C=O) groups is 3. The first-order valence-corrected chi connectivity index (χ1v) is 14.2. The van der Waals surface area contributed by atoms with Gasteiger partial charge in [0.15, 0.2) is 9.84 Å². The lowest BCUT2D eigenvalue weighted by Gasteiger charge is -2.39. The van der Waals surface area contributed by atoms with Crippen LogP contribution >= 0.6 is 0 Å². The van der Waals surface area contributed by atoms with Gasteiger partial charge in [-0.3, -0.25) is 19.3 Å². The highest BCUT2D eigenvalue weighted by Gasteiger charge is 2.46. The molecular formula is C21H27N3O7S2. The minimum atomic E-state index is -3.79. The number of imide groups is 1. The Bertz CT molecular complexity index is 1170. The van der Waals surface area contributed by atoms with E-state index in [1.165, 1.54) is 9.21 Å². The lowest BCUT2D eigenvalue weighted by atomic mass is 10.0. The third-order valence-corrected chi connectivity index (χ3v) is 10.8. The lowest BCUT2D eigenvalue weighted by Crippen LogP contribution is -2.58. The summed E-state index contributed by atoms with van der Waals surface area (Å²) in [5.74, 6) is -2.27. The van der Waals surface area contributed by atoms with Gasteiger partial charge < -0.3 is 4.90 Å². The van der Waals surface area contributed by atoms with E-state index in [-0.39, 0.29) is 61.2 Å². The lowest BCUT2D eigenvalue weighted by molar-refractivity contribution is -0.138. The van der Waals surface area contributed by atoms with Gasteiger partial charge in [-0.1, -0.05) is 26.0 Å². The number of hydrogen-bond acceptors (Lipinski definition) is 7. The fourth-order valence-corrected chi connectivity index (χ4v) is 9.22. The molecule has 4 rings (SSSR count). The van der Waals surface area contributed by atoms with Crippen molar-refractivity contribution in [2.45, 2.75) is 31.6 Å². The molecule has 10 nitrogen and oxygen atoms in total. The van der Waals surface area contributed by atoms with Crippen molar-refractivity contribution in [3.8, 4) is 0 Å². The van der Waals surface area contributed by atoms with Crippen molar-refractivity contribution in [3.63, 3.8) is 0 Å². The van der Waals surface area contributed by atoms with Gasteiger partial charge in [-0.2, -0.15) is 4.31 Å². The van der Waals surface area contributed by atoms with E-state index in [2.05, 4.69) is 0 Å². The fourth-order valence-electron chi connectivity index (χ4n) is 4.71. The second-order valence-electron chi connectivity index (χ2n) is 9.01. The molecule has 0 aromatic heterocycles. The largest absolute Gasteiger partial charge is 0.338 e. The number of piperazine rings is 1. The summed E-state index contributed by atoms with van der Waals surface area (Å²) in [5, 5.41) is -0.952. The zero-order valence-electron chi connectivity index (χ0n) is 18.5. The minimum Gasteiger partial charge on any atom is -0.338 e. The maximum atomic E-state index is 13.4. The van der Waals surface area contributed by atoms with Crippen molar-refractivity contribution in [1.29, 1.82) is 0 Å². The minimum absolute atomic E-state index is 0.0392. The Morgan fingerprint density at radius 2 is 1.55 bits per heavy atom. The molecule has 180 valence electrons. The average Bonchev–Trinajstić information content (AvgIpc) is 3.26. The Labute approximate surface area is 193 Å². The molecule has 12 heteroatoms. The molecule has 3 aliphatic heterocycles. The molecule has 2 atom stereocenters. The summed E-state index contributed by atoms with van der Waals surface area (Å²) in [6, 6.07) is 5.44. The van der Waals surface area contributed by atoms with Gasteiger partial charge in [-0.15, -0.1) is 0 Å². The van der Waals surface area contributed by atoms with Gasteiger partial charge in [0, 0.05) is 26.2 Å². The maximum Gasteiger partial charge on any atom is 0.262 e. The molecule has 0 spiro atoms. The Balaban J connectivity index is 1.47. The number of benzene rings is 1. The number of fused-ring (bicyclic) bond motifs is 1. The SMILES string of the molecule is CC(C)C(C(=O)N1CCN(S(=O)(=O)C2CCS(=O)(=O)C2)CC1)N1C(=O)c2ccccc2C1=O. The number of sulfonamides is 1. The molecule has 0 radical (unpaired) electrons. The molecule has 3 amide bonds. The van der Waals surface area contributed by atoms with Crippen LogP contribution in [-0.2, 0) is 24.7 Å². The van der Waals surface area contributed by atoms with Crippen LogP contribution in [0.4, 0.5) is 0 Å². The number of amides is 3. The zero-order valence-corrected chi connectivity index (χ0v) is 20.1. The van der Waals surface area contributed by atoms with Crippen molar-refractivity contribution >= 4 is 37.6 Å². The van der Waals surface area contributed by atoms with Gasteiger partial charge in [0.2, 0.25) is 15.9 Å². The predicted molar refractivity (Wildman–Crippen MR) is 120 cm³/mol. The van der Waals surface area contributed by atoms with Crippen LogP contribution in [-0.4, -0.2) is 97.6 Å². The highest BCUT2D eigenvalue weighted by Crippen LogP contribution is 2.29. The molecular weight excluding hydrogens is 470 g/mol. The summed E-state index contributed by atoms with van der Waals surface area (Å²) in [5.41, 5.74) is 0.534. The highest BCUT2D eigenvalue weighted by atomic mass is 32.2. The zero-order chi connectivity index (χ0) is 24.1. The number of carbonyl (C=O) groups excluding carboxylic acids is 3. The number of rotatable bonds is 5. The molecule has 2 saturated heterocycles. The highest BCUT2D eigenvalue weighted by molar-refractivity contribution is 7.95. The van der Waals surface area contributed by atoms with Crippen LogP contribution in [0.25, 0.3) is 0 Å². The maximum absolute atomic E-state index is 13.4. The fraction of sp³-hybridized carbons (Fsp3) is 0.571. The monoisotopic (exact) mass is 497 g/mol. The second kappa shape index (κ2) is 8.48. The molecule has 1 aromatic rings. The van der Waals surface area contributed by atoms with Gasteiger partial charge in [0.25, 0.3) is 11.8 Å². The summed E-state index contributed by atoms with van der Waals surface area (Å²) in [6.45, 7) is 3.80. The molecule has 1 aromatic carbocycles. The van der Waals surface area contributed by atoms with Crippen molar-refractivity contribution in [3.05, 3.63) is 35.4 Å². The second-order valence-corrected chi connectivity index (χ2v) is 13.5. The van der Waals surface area contributed by atoms with Crippen LogP contribution in [0.2, 0.25) is 0 Å². The van der Waals surface area contributed by atoms with Gasteiger partial charge >= 0.3 is 0 Å². The summed E-state index contributed by atoms with van der Waals surface area (Å²) in [7, 11) is -7.14. The van der Waals surface area contributed by atoms with Crippen molar-refractivity contribution < 1.29 is 31.2 Å². The van der Waals surface area contributed by atoms with E-state index < -0.39 is 48.9 Å². The van der Waals surface area contributed by atoms with Crippen LogP contribution in [0.15, 0.2) is 24.3 Å². The topological polar surface area (TPSA) is 129 Å². The van der Waals surface area contributed by atoms with Gasteiger partial charge in [-0.25, -0.2) is 16.8 Å². The normalized spacial score (nSPS) is 24.4. The van der Waals surface area contributed by atoms with E-state index >= 15 is 0 Å². The van der Waals surface area contributed by atoms with E-state index in [0.29, 0.717) is 0 Å². The molecule has 0 N–H and O–H groups in total. The molecule has 0 bridgehead atoms. The smallest absolute Gasteiger partial charge is 0.262 e. The average molecular weight is 498 g/mol. The van der Waals surface area contributed by atoms with Crippen molar-refractivity contribution in [1.82, 2.24) is 14.1 Å². The van der Waals surface area contributed by atoms with Crippen LogP contribution < -0.4 is 0 Å². The van der Waals surface area contributed by atoms with Crippen molar-refractivity contribution in [2.75, 3.05) is 37.7 Å². The third-order valence-electron chi connectivity index (χ3n) is 6.51. The standard InChI is InChI=1S/C21H27N3O7S2/c1-14(2)18(24-19(25)16-5-3-4-6-17(16)20(24)26)21(27)22-8-10-23(11-9-22)33(30,31)15-7-12-32(28,29)13-15/h3-6,14-15,18H,7-13H2,1-2H3. The Kier molecular flexibility index (Phi) is 6.12. The molecule has 0 aliphatic carbocycles. The summed E-state index contributed by atoms with van der Waals surface area (Å²) in [4.78, 5) is 41.7. The van der Waals surface area contributed by atoms with Gasteiger partial charge in [0.05, 0.1) is 27.9 Å². The molecule has 33 heavy (non-hydrogen) atoms. The summed E-state index contributed by atoms with van der Waals surface area (Å²) < 4.78 is 50.4.